The summed E-state index contributed by atoms with van der Waals surface area (Å²) in [5, 5.41) is 4.33. The second-order valence-electron chi connectivity index (χ2n) is 4.22. The molecule has 86 valence electrons. The van der Waals surface area contributed by atoms with Crippen molar-refractivity contribution in [3.8, 4) is 0 Å². The first-order chi connectivity index (χ1) is 8.24. The lowest BCUT2D eigenvalue weighted by Gasteiger charge is -2.13. The van der Waals surface area contributed by atoms with Crippen LogP contribution in [0.4, 0.5) is 5.69 Å². The Morgan fingerprint density at radius 3 is 2.82 bits per heavy atom. The van der Waals surface area contributed by atoms with Gasteiger partial charge in [0.05, 0.1) is 6.04 Å². The molecule has 0 bridgehead atoms. The molecule has 3 rings (SSSR count). The standard InChI is InChI=1S/C14H11BrClN/c15-12-4-2-1-3-11(12)14-8-9-7-10(16)5-6-13(9)17-14/h1-7,14,17H,8H2. The molecule has 0 aromatic heterocycles. The van der Waals surface area contributed by atoms with Crippen molar-refractivity contribution in [3.63, 3.8) is 0 Å². The molecule has 1 heterocycles. The fourth-order valence-electron chi connectivity index (χ4n) is 2.28. The molecule has 0 radical (unpaired) electrons. The number of rotatable bonds is 1. The SMILES string of the molecule is Clc1ccc2c(c1)CC(c1ccccc1Br)N2. The maximum Gasteiger partial charge on any atom is 0.0566 e. The van der Waals surface area contributed by atoms with Crippen LogP contribution < -0.4 is 5.32 Å². The van der Waals surface area contributed by atoms with Gasteiger partial charge < -0.3 is 5.32 Å². The summed E-state index contributed by atoms with van der Waals surface area (Å²) in [5.41, 5.74) is 3.77. The zero-order chi connectivity index (χ0) is 11.8. The van der Waals surface area contributed by atoms with Gasteiger partial charge in [0, 0.05) is 15.2 Å². The first kappa shape index (κ1) is 11.1. The van der Waals surface area contributed by atoms with Crippen LogP contribution in [0.15, 0.2) is 46.9 Å². The molecule has 1 unspecified atom stereocenters. The van der Waals surface area contributed by atoms with Crippen molar-refractivity contribution in [1.29, 1.82) is 0 Å². The Bertz CT molecular complexity index is 568. The Morgan fingerprint density at radius 1 is 1.18 bits per heavy atom. The van der Waals surface area contributed by atoms with Crippen molar-refractivity contribution >= 4 is 33.2 Å². The van der Waals surface area contributed by atoms with Crippen LogP contribution in [0.3, 0.4) is 0 Å². The number of nitrogens with one attached hydrogen (secondary N) is 1. The monoisotopic (exact) mass is 307 g/mol. The van der Waals surface area contributed by atoms with Crippen LogP contribution in [0.2, 0.25) is 5.02 Å². The summed E-state index contributed by atoms with van der Waals surface area (Å²) >= 11 is 9.61. The lowest BCUT2D eigenvalue weighted by Crippen LogP contribution is -2.06. The fraction of sp³-hybridized carbons (Fsp3) is 0.143. The van der Waals surface area contributed by atoms with E-state index >= 15 is 0 Å². The highest BCUT2D eigenvalue weighted by Gasteiger charge is 2.23. The van der Waals surface area contributed by atoms with E-state index in [1.165, 1.54) is 16.8 Å². The van der Waals surface area contributed by atoms with Crippen molar-refractivity contribution in [1.82, 2.24) is 0 Å². The van der Waals surface area contributed by atoms with Gasteiger partial charge in [0.1, 0.15) is 0 Å². The van der Waals surface area contributed by atoms with Crippen LogP contribution in [-0.2, 0) is 6.42 Å². The van der Waals surface area contributed by atoms with E-state index in [1.807, 2.05) is 18.2 Å². The topological polar surface area (TPSA) is 12.0 Å². The molecule has 3 heteroatoms. The molecule has 0 saturated heterocycles. The summed E-state index contributed by atoms with van der Waals surface area (Å²) in [5.74, 6) is 0. The van der Waals surface area contributed by atoms with Gasteiger partial charge in [-0.25, -0.2) is 0 Å². The van der Waals surface area contributed by atoms with E-state index in [0.29, 0.717) is 6.04 Å². The van der Waals surface area contributed by atoms with Crippen molar-refractivity contribution in [2.24, 2.45) is 0 Å². The Hall–Kier alpha value is -0.990. The Kier molecular flexibility index (Phi) is 2.85. The Morgan fingerprint density at radius 2 is 2.00 bits per heavy atom. The van der Waals surface area contributed by atoms with Crippen LogP contribution in [-0.4, -0.2) is 0 Å². The molecule has 1 nitrogen and oxygen atoms in total. The maximum absolute atomic E-state index is 6.01. The number of fused-ring (bicyclic) bond motifs is 1. The number of hydrogen-bond donors (Lipinski definition) is 1. The van der Waals surface area contributed by atoms with Gasteiger partial charge in [0.2, 0.25) is 0 Å². The molecular formula is C14H11BrClN. The lowest BCUT2D eigenvalue weighted by atomic mass is 10.0. The average molecular weight is 309 g/mol. The van der Waals surface area contributed by atoms with Gasteiger partial charge in [-0.1, -0.05) is 45.7 Å². The molecular weight excluding hydrogens is 298 g/mol. The summed E-state index contributed by atoms with van der Waals surface area (Å²) in [6, 6.07) is 14.7. The summed E-state index contributed by atoms with van der Waals surface area (Å²) in [7, 11) is 0. The van der Waals surface area contributed by atoms with Crippen LogP contribution in [0, 0.1) is 0 Å². The van der Waals surface area contributed by atoms with Gasteiger partial charge in [-0.15, -0.1) is 0 Å². The normalized spacial score (nSPS) is 17.6. The molecule has 0 aliphatic carbocycles. The third kappa shape index (κ3) is 2.07. The largest absolute Gasteiger partial charge is 0.378 e. The molecule has 0 amide bonds. The first-order valence-electron chi connectivity index (χ1n) is 5.53. The molecule has 2 aromatic rings. The third-order valence-electron chi connectivity index (χ3n) is 3.10. The van der Waals surface area contributed by atoms with E-state index < -0.39 is 0 Å². The molecule has 1 N–H and O–H groups in total. The van der Waals surface area contributed by atoms with E-state index in [0.717, 1.165) is 15.9 Å². The molecule has 17 heavy (non-hydrogen) atoms. The molecule has 2 aromatic carbocycles. The minimum absolute atomic E-state index is 0.332. The highest BCUT2D eigenvalue weighted by Crippen LogP contribution is 2.37. The summed E-state index contributed by atoms with van der Waals surface area (Å²) in [6.45, 7) is 0. The van der Waals surface area contributed by atoms with Crippen LogP contribution >= 0.6 is 27.5 Å². The van der Waals surface area contributed by atoms with Gasteiger partial charge in [-0.2, -0.15) is 0 Å². The van der Waals surface area contributed by atoms with E-state index in [4.69, 9.17) is 11.6 Å². The van der Waals surface area contributed by atoms with Crippen LogP contribution in [0.25, 0.3) is 0 Å². The highest BCUT2D eigenvalue weighted by molar-refractivity contribution is 9.10. The zero-order valence-electron chi connectivity index (χ0n) is 9.08. The van der Waals surface area contributed by atoms with E-state index in [2.05, 4.69) is 45.5 Å². The molecule has 1 atom stereocenters. The summed E-state index contributed by atoms with van der Waals surface area (Å²) in [4.78, 5) is 0. The molecule has 1 aliphatic heterocycles. The minimum Gasteiger partial charge on any atom is -0.378 e. The first-order valence-corrected chi connectivity index (χ1v) is 6.70. The van der Waals surface area contributed by atoms with Gasteiger partial charge in [-0.05, 0) is 41.8 Å². The molecule has 1 aliphatic rings. The number of benzene rings is 2. The lowest BCUT2D eigenvalue weighted by molar-refractivity contribution is 0.819. The predicted octanol–water partition coefficient (Wildman–Crippen LogP) is 4.81. The van der Waals surface area contributed by atoms with E-state index in [1.54, 1.807) is 0 Å². The fourth-order valence-corrected chi connectivity index (χ4v) is 3.03. The molecule has 0 spiro atoms. The predicted molar refractivity (Wildman–Crippen MR) is 75.7 cm³/mol. The number of halogens is 2. The Labute approximate surface area is 114 Å². The Balaban J connectivity index is 1.94. The van der Waals surface area contributed by atoms with Crippen molar-refractivity contribution in [2.45, 2.75) is 12.5 Å². The minimum atomic E-state index is 0.332. The van der Waals surface area contributed by atoms with Crippen LogP contribution in [0.5, 0.6) is 0 Å². The van der Waals surface area contributed by atoms with Gasteiger partial charge in [0.15, 0.2) is 0 Å². The smallest absolute Gasteiger partial charge is 0.0566 e. The third-order valence-corrected chi connectivity index (χ3v) is 4.06. The zero-order valence-corrected chi connectivity index (χ0v) is 11.4. The van der Waals surface area contributed by atoms with Gasteiger partial charge in [-0.3, -0.25) is 0 Å². The number of anilines is 1. The summed E-state index contributed by atoms with van der Waals surface area (Å²) < 4.78 is 1.15. The second-order valence-corrected chi connectivity index (χ2v) is 5.51. The van der Waals surface area contributed by atoms with Crippen molar-refractivity contribution < 1.29 is 0 Å². The van der Waals surface area contributed by atoms with Crippen molar-refractivity contribution in [3.05, 3.63) is 63.1 Å². The second kappa shape index (κ2) is 4.35. The maximum atomic E-state index is 6.01. The van der Waals surface area contributed by atoms with Gasteiger partial charge in [0.25, 0.3) is 0 Å². The number of hydrogen-bond acceptors (Lipinski definition) is 1. The quantitative estimate of drug-likeness (QED) is 0.797. The van der Waals surface area contributed by atoms with Gasteiger partial charge >= 0.3 is 0 Å². The molecule has 0 fully saturated rings. The van der Waals surface area contributed by atoms with Crippen LogP contribution in [0.1, 0.15) is 17.2 Å². The molecule has 0 saturated carbocycles. The average Bonchev–Trinajstić information content (AvgIpc) is 2.72. The highest BCUT2D eigenvalue weighted by atomic mass is 79.9. The summed E-state index contributed by atoms with van der Waals surface area (Å²) in [6.07, 6.45) is 0.985. The van der Waals surface area contributed by atoms with E-state index in [-0.39, 0.29) is 0 Å². The van der Waals surface area contributed by atoms with Crippen molar-refractivity contribution in [2.75, 3.05) is 5.32 Å². The van der Waals surface area contributed by atoms with E-state index in [9.17, 15) is 0 Å².